The number of rotatable bonds is 2. The Hall–Kier alpha value is -5.92. The minimum atomic E-state index is 0.910. The summed E-state index contributed by atoms with van der Waals surface area (Å²) in [6, 6.07) is 57.2. The van der Waals surface area contributed by atoms with Crippen LogP contribution in [0.1, 0.15) is 0 Å². The first-order valence-corrected chi connectivity index (χ1v) is 15.5. The summed E-state index contributed by atoms with van der Waals surface area (Å²) in [4.78, 5) is 0. The maximum Gasteiger partial charge on any atom is 0.136 e. The zero-order valence-electron chi connectivity index (χ0n) is 24.4. The fraction of sp³-hybridized carbons (Fsp3) is 0. The Labute approximate surface area is 259 Å². The molecule has 10 aromatic rings. The molecule has 9 aromatic carbocycles. The van der Waals surface area contributed by atoms with Crippen molar-refractivity contribution in [1.29, 1.82) is 0 Å². The average Bonchev–Trinajstić information content (AvgIpc) is 3.49. The molecule has 0 amide bonds. The smallest absolute Gasteiger partial charge is 0.136 e. The highest BCUT2D eigenvalue weighted by molar-refractivity contribution is 6.35. The van der Waals surface area contributed by atoms with Crippen molar-refractivity contribution in [2.75, 3.05) is 0 Å². The highest BCUT2D eigenvalue weighted by Crippen LogP contribution is 2.46. The molecule has 0 fully saturated rings. The predicted molar refractivity (Wildman–Crippen MR) is 192 cm³/mol. The van der Waals surface area contributed by atoms with Crippen molar-refractivity contribution < 1.29 is 4.42 Å². The third-order valence-electron chi connectivity index (χ3n) is 9.62. The summed E-state index contributed by atoms with van der Waals surface area (Å²) in [6.07, 6.45) is 0. The van der Waals surface area contributed by atoms with Gasteiger partial charge in [-0.25, -0.2) is 0 Å². The lowest BCUT2D eigenvalue weighted by Gasteiger charge is -2.17. The Bertz CT molecular complexity index is 2710. The summed E-state index contributed by atoms with van der Waals surface area (Å²) in [5, 5.41) is 15.0. The normalized spacial score (nSPS) is 12.0. The van der Waals surface area contributed by atoms with Crippen molar-refractivity contribution in [1.82, 2.24) is 0 Å². The van der Waals surface area contributed by atoms with E-state index in [9.17, 15) is 0 Å². The largest absolute Gasteiger partial charge is 0.456 e. The molecule has 0 unspecified atom stereocenters. The van der Waals surface area contributed by atoms with Crippen LogP contribution < -0.4 is 0 Å². The van der Waals surface area contributed by atoms with Crippen LogP contribution in [0.2, 0.25) is 0 Å². The molecule has 0 saturated carbocycles. The van der Waals surface area contributed by atoms with Crippen molar-refractivity contribution >= 4 is 75.8 Å². The number of fused-ring (bicyclic) bond motifs is 12. The Morgan fingerprint density at radius 1 is 0.267 bits per heavy atom. The van der Waals surface area contributed by atoms with Crippen molar-refractivity contribution in [3.8, 4) is 22.3 Å². The first-order chi connectivity index (χ1) is 22.3. The van der Waals surface area contributed by atoms with Crippen molar-refractivity contribution in [3.05, 3.63) is 158 Å². The molecule has 0 spiro atoms. The van der Waals surface area contributed by atoms with Gasteiger partial charge >= 0.3 is 0 Å². The Kier molecular flexibility index (Phi) is 5.06. The van der Waals surface area contributed by atoms with Gasteiger partial charge in [-0.1, -0.05) is 133 Å². The minimum absolute atomic E-state index is 0.910. The van der Waals surface area contributed by atoms with Gasteiger partial charge in [0.2, 0.25) is 0 Å². The second-order valence-corrected chi connectivity index (χ2v) is 12.0. The molecule has 1 heteroatoms. The average molecular weight is 571 g/mol. The van der Waals surface area contributed by atoms with E-state index in [0.717, 1.165) is 16.6 Å². The van der Waals surface area contributed by atoms with Gasteiger partial charge in [0.05, 0.1) is 0 Å². The fourth-order valence-corrected chi connectivity index (χ4v) is 7.77. The molecule has 0 bridgehead atoms. The third kappa shape index (κ3) is 3.44. The van der Waals surface area contributed by atoms with E-state index in [0.29, 0.717) is 0 Å². The molecule has 0 radical (unpaired) electrons. The van der Waals surface area contributed by atoms with Gasteiger partial charge in [0, 0.05) is 16.2 Å². The van der Waals surface area contributed by atoms with E-state index >= 15 is 0 Å². The van der Waals surface area contributed by atoms with E-state index in [1.165, 1.54) is 81.5 Å². The number of hydrogen-bond acceptors (Lipinski definition) is 1. The molecule has 0 atom stereocenters. The van der Waals surface area contributed by atoms with Crippen LogP contribution in [0.3, 0.4) is 0 Å². The monoisotopic (exact) mass is 570 g/mol. The standard InChI is InChI=1S/C44H26O/c1-2-12-27(13-3-1)41-33-18-8-10-20-35(33)42(36-21-11-9-19-34(36)41)28-22-24-39-38(26-28)44-40(45-39)25-23-37-31-16-5-4-14-29(31)30-15-6-7-17-32(30)43(37)44/h1-26H. The molecule has 0 N–H and O–H groups in total. The molecular formula is C44H26O. The topological polar surface area (TPSA) is 13.1 Å². The van der Waals surface area contributed by atoms with E-state index in [2.05, 4.69) is 158 Å². The van der Waals surface area contributed by atoms with Crippen molar-refractivity contribution in [3.63, 3.8) is 0 Å². The number of hydrogen-bond donors (Lipinski definition) is 0. The summed E-state index contributed by atoms with van der Waals surface area (Å²) in [5.74, 6) is 0. The zero-order chi connectivity index (χ0) is 29.5. The highest BCUT2D eigenvalue weighted by atomic mass is 16.3. The van der Waals surface area contributed by atoms with Crippen LogP contribution in [0.25, 0.3) is 98.1 Å². The molecule has 1 heterocycles. The molecular weight excluding hydrogens is 544 g/mol. The van der Waals surface area contributed by atoms with Gasteiger partial charge in [0.1, 0.15) is 11.2 Å². The first kappa shape index (κ1) is 24.5. The first-order valence-electron chi connectivity index (χ1n) is 15.5. The van der Waals surface area contributed by atoms with Crippen LogP contribution in [-0.4, -0.2) is 0 Å². The SMILES string of the molecule is c1ccc(-c2c3ccccc3c(-c3ccc4oc5ccc6c7ccccc7c7ccccc7c6c5c4c3)c3ccccc23)cc1. The summed E-state index contributed by atoms with van der Waals surface area (Å²) in [5.41, 5.74) is 6.80. The number of furan rings is 1. The van der Waals surface area contributed by atoms with Crippen LogP contribution in [0.4, 0.5) is 0 Å². The molecule has 45 heavy (non-hydrogen) atoms. The molecule has 10 rings (SSSR count). The van der Waals surface area contributed by atoms with Crippen molar-refractivity contribution in [2.24, 2.45) is 0 Å². The summed E-state index contributed by atoms with van der Waals surface area (Å²) in [7, 11) is 0. The van der Waals surface area contributed by atoms with E-state index in [1.807, 2.05) is 0 Å². The van der Waals surface area contributed by atoms with Crippen LogP contribution in [0, 0.1) is 0 Å². The third-order valence-corrected chi connectivity index (χ3v) is 9.62. The van der Waals surface area contributed by atoms with Gasteiger partial charge in [0.25, 0.3) is 0 Å². The lowest BCUT2D eigenvalue weighted by Crippen LogP contribution is -1.90. The van der Waals surface area contributed by atoms with Crippen LogP contribution in [0.5, 0.6) is 0 Å². The lowest BCUT2D eigenvalue weighted by molar-refractivity contribution is 0.669. The maximum absolute atomic E-state index is 6.56. The molecule has 0 aliphatic carbocycles. The van der Waals surface area contributed by atoms with Crippen LogP contribution in [-0.2, 0) is 0 Å². The second-order valence-electron chi connectivity index (χ2n) is 12.0. The van der Waals surface area contributed by atoms with E-state index in [-0.39, 0.29) is 0 Å². The van der Waals surface area contributed by atoms with Gasteiger partial charge in [-0.3, -0.25) is 0 Å². The van der Waals surface area contributed by atoms with E-state index in [4.69, 9.17) is 4.42 Å². The second kappa shape index (κ2) is 9.29. The minimum Gasteiger partial charge on any atom is -0.456 e. The highest BCUT2D eigenvalue weighted by Gasteiger charge is 2.19. The van der Waals surface area contributed by atoms with Gasteiger partial charge < -0.3 is 4.42 Å². The fourth-order valence-electron chi connectivity index (χ4n) is 7.77. The van der Waals surface area contributed by atoms with Crippen LogP contribution in [0.15, 0.2) is 162 Å². The molecule has 0 aliphatic rings. The van der Waals surface area contributed by atoms with E-state index in [1.54, 1.807) is 0 Å². The van der Waals surface area contributed by atoms with Gasteiger partial charge in [-0.05, 0) is 95.0 Å². The Morgan fingerprint density at radius 3 is 1.31 bits per heavy atom. The van der Waals surface area contributed by atoms with Crippen LogP contribution >= 0.6 is 0 Å². The zero-order valence-corrected chi connectivity index (χ0v) is 24.4. The molecule has 208 valence electrons. The van der Waals surface area contributed by atoms with Gasteiger partial charge in [0.15, 0.2) is 0 Å². The molecule has 1 nitrogen and oxygen atoms in total. The molecule has 1 aromatic heterocycles. The van der Waals surface area contributed by atoms with Gasteiger partial charge in [-0.15, -0.1) is 0 Å². The Balaban J connectivity index is 1.36. The summed E-state index contributed by atoms with van der Waals surface area (Å²) >= 11 is 0. The van der Waals surface area contributed by atoms with E-state index < -0.39 is 0 Å². The number of benzene rings is 9. The predicted octanol–water partition coefficient (Wildman–Crippen LogP) is 12.7. The van der Waals surface area contributed by atoms with Gasteiger partial charge in [-0.2, -0.15) is 0 Å². The summed E-state index contributed by atoms with van der Waals surface area (Å²) < 4.78 is 6.56. The maximum atomic E-state index is 6.56. The quantitative estimate of drug-likeness (QED) is 0.149. The Morgan fingerprint density at radius 2 is 0.711 bits per heavy atom. The lowest BCUT2D eigenvalue weighted by atomic mass is 9.85. The molecule has 0 aliphatic heterocycles. The van der Waals surface area contributed by atoms with Crippen molar-refractivity contribution in [2.45, 2.75) is 0 Å². The summed E-state index contributed by atoms with van der Waals surface area (Å²) in [6.45, 7) is 0. The molecule has 0 saturated heterocycles.